The summed E-state index contributed by atoms with van der Waals surface area (Å²) in [6, 6.07) is 12.2. The molecule has 0 spiro atoms. The zero-order valence-corrected chi connectivity index (χ0v) is 12.4. The minimum Gasteiger partial charge on any atom is -0.308 e. The van der Waals surface area contributed by atoms with Crippen LogP contribution in [-0.4, -0.2) is 23.2 Å². The molecule has 0 bridgehead atoms. The Morgan fingerprint density at radius 3 is 2.73 bits per heavy atom. The van der Waals surface area contributed by atoms with Crippen LogP contribution >= 0.6 is 11.8 Å². The van der Waals surface area contributed by atoms with Gasteiger partial charge in [0.1, 0.15) is 17.0 Å². The largest absolute Gasteiger partial charge is 0.323 e. The molecule has 6 heteroatoms. The fourth-order valence-corrected chi connectivity index (χ4v) is 3.61. The van der Waals surface area contributed by atoms with Gasteiger partial charge in [-0.3, -0.25) is 0 Å². The number of halogens is 2. The number of amides is 2. The van der Waals surface area contributed by atoms with E-state index in [2.05, 4.69) is 5.32 Å². The number of hydrogen-bond donors (Lipinski definition) is 1. The van der Waals surface area contributed by atoms with Gasteiger partial charge in [0.25, 0.3) is 0 Å². The number of carbonyl (C=O) groups is 1. The Morgan fingerprint density at radius 1 is 1.18 bits per heavy atom. The Hall–Kier alpha value is -2.08. The summed E-state index contributed by atoms with van der Waals surface area (Å²) >= 11 is 1.65. The highest BCUT2D eigenvalue weighted by Gasteiger charge is 2.30. The highest BCUT2D eigenvalue weighted by molar-refractivity contribution is 7.99. The number of nitrogens with zero attached hydrogens (tertiary/aromatic N) is 1. The Morgan fingerprint density at radius 2 is 1.95 bits per heavy atom. The molecule has 22 heavy (non-hydrogen) atoms. The molecule has 0 aromatic heterocycles. The molecule has 1 heterocycles. The summed E-state index contributed by atoms with van der Waals surface area (Å²) in [5.41, 5.74) is 0.869. The average Bonchev–Trinajstić information content (AvgIpc) is 3.01. The molecule has 1 aliphatic heterocycles. The van der Waals surface area contributed by atoms with Crippen LogP contribution in [0.25, 0.3) is 0 Å². The third-order valence-electron chi connectivity index (χ3n) is 3.41. The molecule has 1 fully saturated rings. The van der Waals surface area contributed by atoms with Gasteiger partial charge in [-0.15, -0.1) is 11.8 Å². The number of benzene rings is 2. The smallest absolute Gasteiger partial charge is 0.308 e. The lowest BCUT2D eigenvalue weighted by Crippen LogP contribution is -2.34. The summed E-state index contributed by atoms with van der Waals surface area (Å²) in [4.78, 5) is 14.0. The molecule has 0 saturated carbocycles. The normalized spacial score (nSPS) is 17.5. The molecule has 114 valence electrons. The highest BCUT2D eigenvalue weighted by Crippen LogP contribution is 2.38. The molecule has 1 saturated heterocycles. The van der Waals surface area contributed by atoms with Crippen LogP contribution in [-0.2, 0) is 0 Å². The van der Waals surface area contributed by atoms with Gasteiger partial charge in [0.2, 0.25) is 0 Å². The van der Waals surface area contributed by atoms with Gasteiger partial charge >= 0.3 is 6.03 Å². The first kappa shape index (κ1) is 14.8. The number of nitrogens with one attached hydrogen (secondary N) is 1. The van der Waals surface area contributed by atoms with Crippen LogP contribution in [0.5, 0.6) is 0 Å². The van der Waals surface area contributed by atoms with Crippen LogP contribution in [0.4, 0.5) is 19.3 Å². The van der Waals surface area contributed by atoms with Gasteiger partial charge in [0.05, 0.1) is 5.69 Å². The van der Waals surface area contributed by atoms with E-state index in [1.807, 2.05) is 30.3 Å². The zero-order chi connectivity index (χ0) is 15.5. The van der Waals surface area contributed by atoms with Crippen molar-refractivity contribution in [2.24, 2.45) is 0 Å². The number of anilines is 1. The predicted molar refractivity (Wildman–Crippen MR) is 83.7 cm³/mol. The Balaban J connectivity index is 1.78. The maximum Gasteiger partial charge on any atom is 0.323 e. The van der Waals surface area contributed by atoms with Gasteiger partial charge in [-0.25, -0.2) is 13.6 Å². The van der Waals surface area contributed by atoms with Crippen molar-refractivity contribution < 1.29 is 13.6 Å². The van der Waals surface area contributed by atoms with Gasteiger partial charge in [0, 0.05) is 18.4 Å². The topological polar surface area (TPSA) is 32.3 Å². The summed E-state index contributed by atoms with van der Waals surface area (Å²) < 4.78 is 26.8. The first-order chi connectivity index (χ1) is 10.6. The Kier molecular flexibility index (Phi) is 4.29. The molecule has 2 aromatic carbocycles. The first-order valence-corrected chi connectivity index (χ1v) is 7.89. The Labute approximate surface area is 131 Å². The van der Waals surface area contributed by atoms with Gasteiger partial charge < -0.3 is 10.2 Å². The van der Waals surface area contributed by atoms with Crippen LogP contribution < -0.4 is 5.32 Å². The van der Waals surface area contributed by atoms with E-state index < -0.39 is 17.7 Å². The van der Waals surface area contributed by atoms with Crippen LogP contribution in [0.2, 0.25) is 0 Å². The second-order valence-corrected chi connectivity index (χ2v) is 6.07. The van der Waals surface area contributed by atoms with Crippen LogP contribution in [0.15, 0.2) is 48.5 Å². The summed E-state index contributed by atoms with van der Waals surface area (Å²) in [5, 5.41) is 2.34. The second-order valence-electron chi connectivity index (χ2n) is 4.88. The zero-order valence-electron chi connectivity index (χ0n) is 11.6. The predicted octanol–water partition coefficient (Wildman–Crippen LogP) is 4.24. The van der Waals surface area contributed by atoms with Crippen molar-refractivity contribution in [1.82, 2.24) is 4.90 Å². The number of thioether (sulfide) groups is 1. The van der Waals surface area contributed by atoms with Crippen molar-refractivity contribution in [3.05, 3.63) is 65.7 Å². The third kappa shape index (κ3) is 3.06. The number of urea groups is 1. The van der Waals surface area contributed by atoms with E-state index in [9.17, 15) is 13.6 Å². The molecule has 0 radical (unpaired) electrons. The molecule has 2 amide bonds. The van der Waals surface area contributed by atoms with Gasteiger partial charge in [-0.05, 0) is 17.7 Å². The van der Waals surface area contributed by atoms with Crippen molar-refractivity contribution in [2.75, 3.05) is 17.6 Å². The van der Waals surface area contributed by atoms with Crippen LogP contribution in [0, 0.1) is 11.6 Å². The van der Waals surface area contributed by atoms with E-state index in [4.69, 9.17) is 0 Å². The summed E-state index contributed by atoms with van der Waals surface area (Å²) in [6.07, 6.45) is 0. The Bertz CT molecular complexity index is 681. The maximum absolute atomic E-state index is 13.6. The molecule has 1 N–H and O–H groups in total. The van der Waals surface area contributed by atoms with Crippen molar-refractivity contribution in [3.8, 4) is 0 Å². The molecular formula is C16H14F2N2OS. The SMILES string of the molecule is O=C(Nc1cc(F)ccc1F)N1CCSC1c1ccccc1. The number of hydrogen-bond acceptors (Lipinski definition) is 2. The van der Waals surface area contributed by atoms with Crippen molar-refractivity contribution in [2.45, 2.75) is 5.37 Å². The van der Waals surface area contributed by atoms with Crippen molar-refractivity contribution >= 4 is 23.5 Å². The molecule has 1 aliphatic rings. The molecule has 1 unspecified atom stereocenters. The maximum atomic E-state index is 13.6. The molecule has 1 atom stereocenters. The minimum atomic E-state index is -0.655. The fraction of sp³-hybridized carbons (Fsp3) is 0.188. The average molecular weight is 320 g/mol. The third-order valence-corrected chi connectivity index (χ3v) is 4.67. The molecule has 2 aromatic rings. The van der Waals surface area contributed by atoms with Gasteiger partial charge in [0.15, 0.2) is 0 Å². The summed E-state index contributed by atoms with van der Waals surface area (Å²) in [6.45, 7) is 0.562. The van der Waals surface area contributed by atoms with Crippen LogP contribution in [0.1, 0.15) is 10.9 Å². The standard InChI is InChI=1S/C16H14F2N2OS/c17-12-6-7-13(18)14(10-12)19-16(21)20-8-9-22-15(20)11-4-2-1-3-5-11/h1-7,10,15H,8-9H2,(H,19,21). The van der Waals surface area contributed by atoms with E-state index in [1.165, 1.54) is 0 Å². The van der Waals surface area contributed by atoms with Gasteiger partial charge in [-0.1, -0.05) is 30.3 Å². The lowest BCUT2D eigenvalue weighted by atomic mass is 10.2. The lowest BCUT2D eigenvalue weighted by molar-refractivity contribution is 0.214. The van der Waals surface area contributed by atoms with E-state index in [0.717, 1.165) is 29.5 Å². The second kappa shape index (κ2) is 6.36. The number of carbonyl (C=O) groups excluding carboxylic acids is 1. The number of rotatable bonds is 2. The summed E-state index contributed by atoms with van der Waals surface area (Å²) in [7, 11) is 0. The van der Waals surface area contributed by atoms with Crippen LogP contribution in [0.3, 0.4) is 0 Å². The fourth-order valence-electron chi connectivity index (χ4n) is 2.35. The van der Waals surface area contributed by atoms with Crippen molar-refractivity contribution in [1.29, 1.82) is 0 Å². The highest BCUT2D eigenvalue weighted by atomic mass is 32.2. The molecule has 0 aliphatic carbocycles. The quantitative estimate of drug-likeness (QED) is 0.897. The minimum absolute atomic E-state index is 0.113. The van der Waals surface area contributed by atoms with Gasteiger partial charge in [-0.2, -0.15) is 0 Å². The van der Waals surface area contributed by atoms with E-state index in [1.54, 1.807) is 16.7 Å². The molecule has 3 nitrogen and oxygen atoms in total. The lowest BCUT2D eigenvalue weighted by Gasteiger charge is -2.24. The molecular weight excluding hydrogens is 306 g/mol. The van der Waals surface area contributed by atoms with E-state index >= 15 is 0 Å². The van der Waals surface area contributed by atoms with Crippen molar-refractivity contribution in [3.63, 3.8) is 0 Å². The molecule has 3 rings (SSSR count). The van der Waals surface area contributed by atoms with E-state index in [-0.39, 0.29) is 11.1 Å². The monoisotopic (exact) mass is 320 g/mol. The van der Waals surface area contributed by atoms with E-state index in [0.29, 0.717) is 6.54 Å². The first-order valence-electron chi connectivity index (χ1n) is 6.84. The summed E-state index contributed by atoms with van der Waals surface area (Å²) in [5.74, 6) is -0.441.